The van der Waals surface area contributed by atoms with Crippen LogP contribution in [-0.2, 0) is 6.42 Å². The minimum Gasteiger partial charge on any atom is -0.493 e. The van der Waals surface area contributed by atoms with Gasteiger partial charge in [0.05, 0.1) is 12.7 Å². The van der Waals surface area contributed by atoms with Crippen molar-refractivity contribution in [1.29, 1.82) is 0 Å². The van der Waals surface area contributed by atoms with Gasteiger partial charge in [0.2, 0.25) is 0 Å². The number of hydrogen-bond donors (Lipinski definition) is 1. The molecule has 1 amide bonds. The molecule has 0 saturated heterocycles. The van der Waals surface area contributed by atoms with Gasteiger partial charge in [-0.05, 0) is 86.0 Å². The zero-order valence-corrected chi connectivity index (χ0v) is 19.2. The van der Waals surface area contributed by atoms with Crippen molar-refractivity contribution >= 4 is 35.1 Å². The predicted octanol–water partition coefficient (Wildman–Crippen LogP) is 5.97. The second-order valence-corrected chi connectivity index (χ2v) is 8.17. The molecule has 0 aliphatic rings. The van der Waals surface area contributed by atoms with Gasteiger partial charge < -0.3 is 14.8 Å². The van der Waals surface area contributed by atoms with E-state index in [0.29, 0.717) is 39.1 Å². The van der Waals surface area contributed by atoms with E-state index < -0.39 is 5.97 Å². The molecule has 3 rings (SSSR count). The lowest BCUT2D eigenvalue weighted by molar-refractivity contribution is 0.0729. The lowest BCUT2D eigenvalue weighted by atomic mass is 10.0. The summed E-state index contributed by atoms with van der Waals surface area (Å²) in [5.41, 5.74) is 1.96. The summed E-state index contributed by atoms with van der Waals surface area (Å²) in [4.78, 5) is 24.7. The molecular weight excluding hydrogens is 449 g/mol. The monoisotopic (exact) mass is 471 g/mol. The number of benzene rings is 3. The van der Waals surface area contributed by atoms with Crippen molar-refractivity contribution < 1.29 is 19.1 Å². The number of aryl methyl sites for hydroxylation is 1. The molecule has 0 saturated carbocycles. The molecule has 166 valence electrons. The van der Waals surface area contributed by atoms with Gasteiger partial charge in [0, 0.05) is 21.7 Å². The Morgan fingerprint density at radius 3 is 2.06 bits per heavy atom. The molecule has 0 fully saturated rings. The van der Waals surface area contributed by atoms with Gasteiger partial charge in [0.25, 0.3) is 5.91 Å². The smallest absolute Gasteiger partial charge is 0.343 e. The van der Waals surface area contributed by atoms with Crippen LogP contribution in [-0.4, -0.2) is 25.0 Å². The predicted molar refractivity (Wildman–Crippen MR) is 126 cm³/mol. The largest absolute Gasteiger partial charge is 0.493 e. The van der Waals surface area contributed by atoms with Crippen molar-refractivity contribution in [2.75, 3.05) is 7.11 Å². The van der Waals surface area contributed by atoms with E-state index in [1.54, 1.807) is 54.6 Å². The van der Waals surface area contributed by atoms with Crippen molar-refractivity contribution in [3.05, 3.63) is 93.5 Å². The Morgan fingerprint density at radius 1 is 0.875 bits per heavy atom. The molecule has 0 aliphatic heterocycles. The fraction of sp³-hybridized carbons (Fsp3) is 0.200. The summed E-state index contributed by atoms with van der Waals surface area (Å²) in [5.74, 6) is 0.158. The first-order chi connectivity index (χ1) is 15.4. The molecule has 0 spiro atoms. The van der Waals surface area contributed by atoms with Crippen molar-refractivity contribution in [2.24, 2.45) is 0 Å². The Balaban J connectivity index is 1.57. The van der Waals surface area contributed by atoms with E-state index in [-0.39, 0.29) is 11.9 Å². The third-order valence-corrected chi connectivity index (χ3v) is 5.36. The SMILES string of the molecule is COc1cc(CC[C@@H](C)NC(=O)c2ccc(Cl)cc2)ccc1OC(=O)c1ccc(Cl)cc1. The number of carbonyl (C=O) groups excluding carboxylic acids is 2. The molecular formula is C25H23Cl2NO4. The minimum atomic E-state index is -0.494. The Bertz CT molecular complexity index is 1080. The van der Waals surface area contributed by atoms with Gasteiger partial charge in [-0.25, -0.2) is 4.79 Å². The Morgan fingerprint density at radius 2 is 1.47 bits per heavy atom. The second-order valence-electron chi connectivity index (χ2n) is 7.30. The minimum absolute atomic E-state index is 0.0356. The molecule has 1 N–H and O–H groups in total. The Hall–Kier alpha value is -3.02. The highest BCUT2D eigenvalue weighted by atomic mass is 35.5. The quantitative estimate of drug-likeness (QED) is 0.324. The van der Waals surface area contributed by atoms with Crippen LogP contribution in [0.2, 0.25) is 10.0 Å². The van der Waals surface area contributed by atoms with Crippen LogP contribution in [0.15, 0.2) is 66.7 Å². The number of nitrogens with one attached hydrogen (secondary N) is 1. The summed E-state index contributed by atoms with van der Waals surface area (Å²) >= 11 is 11.7. The van der Waals surface area contributed by atoms with E-state index in [4.69, 9.17) is 32.7 Å². The van der Waals surface area contributed by atoms with Crippen molar-refractivity contribution in [1.82, 2.24) is 5.32 Å². The lowest BCUT2D eigenvalue weighted by Crippen LogP contribution is -2.32. The zero-order chi connectivity index (χ0) is 23.1. The highest BCUT2D eigenvalue weighted by Crippen LogP contribution is 2.29. The highest BCUT2D eigenvalue weighted by molar-refractivity contribution is 6.31. The first-order valence-corrected chi connectivity index (χ1v) is 10.8. The third kappa shape index (κ3) is 6.49. The van der Waals surface area contributed by atoms with E-state index in [0.717, 1.165) is 12.0 Å². The van der Waals surface area contributed by atoms with Crippen LogP contribution in [0.1, 0.15) is 39.6 Å². The summed E-state index contributed by atoms with van der Waals surface area (Å²) in [6.45, 7) is 1.95. The number of carbonyl (C=O) groups is 2. The Labute approximate surface area is 197 Å². The normalized spacial score (nSPS) is 11.5. The summed E-state index contributed by atoms with van der Waals surface area (Å²) < 4.78 is 10.9. The molecule has 0 bridgehead atoms. The zero-order valence-electron chi connectivity index (χ0n) is 17.7. The van der Waals surface area contributed by atoms with Gasteiger partial charge in [-0.2, -0.15) is 0 Å². The van der Waals surface area contributed by atoms with Crippen LogP contribution >= 0.6 is 23.2 Å². The summed E-state index contributed by atoms with van der Waals surface area (Å²) in [7, 11) is 1.52. The number of rotatable bonds is 8. The molecule has 5 nitrogen and oxygen atoms in total. The van der Waals surface area contributed by atoms with E-state index in [1.165, 1.54) is 7.11 Å². The number of esters is 1. The molecule has 0 aliphatic carbocycles. The standard InChI is InChI=1S/C25H23Cl2NO4/c1-16(28-24(29)18-6-10-20(26)11-7-18)3-4-17-5-14-22(23(15-17)31-2)32-25(30)19-8-12-21(27)13-9-19/h5-16H,3-4H2,1-2H3,(H,28,29)/t16-/m1/s1. The number of methoxy groups -OCH3 is 1. The van der Waals surface area contributed by atoms with Gasteiger partial charge in [0.1, 0.15) is 0 Å². The number of ether oxygens (including phenoxy) is 2. The number of hydrogen-bond acceptors (Lipinski definition) is 4. The third-order valence-electron chi connectivity index (χ3n) is 4.86. The fourth-order valence-corrected chi connectivity index (χ4v) is 3.31. The fourth-order valence-electron chi connectivity index (χ4n) is 3.06. The van der Waals surface area contributed by atoms with E-state index in [1.807, 2.05) is 19.1 Å². The van der Waals surface area contributed by atoms with E-state index in [2.05, 4.69) is 5.32 Å². The van der Waals surface area contributed by atoms with Crippen LogP contribution in [0.3, 0.4) is 0 Å². The summed E-state index contributed by atoms with van der Waals surface area (Å²) in [5, 5.41) is 4.11. The molecule has 3 aromatic carbocycles. The van der Waals surface area contributed by atoms with Gasteiger partial charge in [0.15, 0.2) is 11.5 Å². The molecule has 0 radical (unpaired) electrons. The maximum Gasteiger partial charge on any atom is 0.343 e. The first kappa shape index (κ1) is 23.6. The van der Waals surface area contributed by atoms with Crippen molar-refractivity contribution in [3.63, 3.8) is 0 Å². The number of halogens is 2. The van der Waals surface area contributed by atoms with Crippen LogP contribution in [0.25, 0.3) is 0 Å². The van der Waals surface area contributed by atoms with Gasteiger partial charge in [-0.15, -0.1) is 0 Å². The van der Waals surface area contributed by atoms with Crippen LogP contribution in [0.5, 0.6) is 11.5 Å². The average Bonchev–Trinajstić information content (AvgIpc) is 2.79. The molecule has 0 aromatic heterocycles. The van der Waals surface area contributed by atoms with E-state index >= 15 is 0 Å². The number of amides is 1. The van der Waals surface area contributed by atoms with Crippen LogP contribution < -0.4 is 14.8 Å². The van der Waals surface area contributed by atoms with E-state index in [9.17, 15) is 9.59 Å². The molecule has 0 heterocycles. The molecule has 32 heavy (non-hydrogen) atoms. The van der Waals surface area contributed by atoms with Crippen molar-refractivity contribution in [2.45, 2.75) is 25.8 Å². The summed E-state index contributed by atoms with van der Waals surface area (Å²) in [6.07, 6.45) is 1.44. The molecule has 1 atom stereocenters. The molecule has 7 heteroatoms. The Kier molecular flexibility index (Phi) is 8.14. The molecule has 0 unspecified atom stereocenters. The van der Waals surface area contributed by atoms with Crippen molar-refractivity contribution in [3.8, 4) is 11.5 Å². The van der Waals surface area contributed by atoms with Gasteiger partial charge >= 0.3 is 5.97 Å². The van der Waals surface area contributed by atoms with Gasteiger partial charge in [-0.1, -0.05) is 29.3 Å². The molecule has 3 aromatic rings. The lowest BCUT2D eigenvalue weighted by Gasteiger charge is -2.15. The topological polar surface area (TPSA) is 64.6 Å². The average molecular weight is 472 g/mol. The van der Waals surface area contributed by atoms with Gasteiger partial charge in [-0.3, -0.25) is 4.79 Å². The first-order valence-electron chi connectivity index (χ1n) is 10.1. The second kappa shape index (κ2) is 11.0. The maximum absolute atomic E-state index is 12.4. The maximum atomic E-state index is 12.4. The van der Waals surface area contributed by atoms with Crippen LogP contribution in [0.4, 0.5) is 0 Å². The highest BCUT2D eigenvalue weighted by Gasteiger charge is 2.14. The summed E-state index contributed by atoms with van der Waals surface area (Å²) in [6, 6.07) is 18.6. The van der Waals surface area contributed by atoms with Crippen LogP contribution in [0, 0.1) is 0 Å².